The van der Waals surface area contributed by atoms with E-state index in [-0.39, 0.29) is 22.4 Å². The molecule has 0 fully saturated rings. The minimum Gasteiger partial charge on any atom is -0.507 e. The van der Waals surface area contributed by atoms with E-state index in [9.17, 15) is 4.79 Å². The number of hydrogen-bond donors (Lipinski definition) is 1. The zero-order chi connectivity index (χ0) is 9.84. The van der Waals surface area contributed by atoms with Crippen LogP contribution < -0.4 is 0 Å². The van der Waals surface area contributed by atoms with Crippen LogP contribution in [0.25, 0.3) is 0 Å². The van der Waals surface area contributed by atoms with Gasteiger partial charge in [0.1, 0.15) is 23.5 Å². The minimum absolute atomic E-state index is 0.0856. The number of carbonyl (C=O) groups excluding carboxylic acids is 1. The molecule has 0 saturated heterocycles. The van der Waals surface area contributed by atoms with E-state index in [1.807, 2.05) is 0 Å². The molecule has 0 aliphatic heterocycles. The molecule has 13 heavy (non-hydrogen) atoms. The van der Waals surface area contributed by atoms with E-state index in [0.29, 0.717) is 6.29 Å². The maximum absolute atomic E-state index is 10.4. The largest absolute Gasteiger partial charge is 0.507 e. The Hall–Kier alpha value is -2.33. The third-order valence-electron chi connectivity index (χ3n) is 1.57. The van der Waals surface area contributed by atoms with Crippen LogP contribution in [-0.4, -0.2) is 11.4 Å². The van der Waals surface area contributed by atoms with Crippen molar-refractivity contribution in [1.82, 2.24) is 0 Å². The Morgan fingerprint density at radius 3 is 2.31 bits per heavy atom. The highest BCUT2D eigenvalue weighted by molar-refractivity contribution is 5.81. The first-order chi connectivity index (χ1) is 6.24. The lowest BCUT2D eigenvalue weighted by Gasteiger charge is -1.99. The molecule has 4 nitrogen and oxygen atoms in total. The van der Waals surface area contributed by atoms with Crippen LogP contribution in [-0.2, 0) is 0 Å². The summed E-state index contributed by atoms with van der Waals surface area (Å²) in [5.74, 6) is -0.287. The zero-order valence-corrected chi connectivity index (χ0v) is 6.48. The number of phenols is 1. The fourth-order valence-electron chi connectivity index (χ4n) is 0.940. The maximum atomic E-state index is 10.4. The highest BCUT2D eigenvalue weighted by Gasteiger charge is 2.11. The molecule has 62 valence electrons. The molecule has 0 bridgehead atoms. The predicted molar refractivity (Wildman–Crippen MR) is 42.9 cm³/mol. The molecule has 0 aliphatic carbocycles. The summed E-state index contributed by atoms with van der Waals surface area (Å²) in [6.07, 6.45) is 0.471. The van der Waals surface area contributed by atoms with Gasteiger partial charge in [-0.2, -0.15) is 10.5 Å². The first-order valence-electron chi connectivity index (χ1n) is 3.36. The Balaban J connectivity index is 3.59. The zero-order valence-electron chi connectivity index (χ0n) is 6.48. The third kappa shape index (κ3) is 1.33. The van der Waals surface area contributed by atoms with E-state index in [2.05, 4.69) is 0 Å². The van der Waals surface area contributed by atoms with E-state index in [0.717, 1.165) is 0 Å². The Labute approximate surface area is 74.3 Å². The normalized spacial score (nSPS) is 8.46. The smallest absolute Gasteiger partial charge is 0.151 e. The van der Waals surface area contributed by atoms with Gasteiger partial charge in [-0.25, -0.2) is 0 Å². The van der Waals surface area contributed by atoms with Crippen molar-refractivity contribution >= 4 is 6.29 Å². The summed E-state index contributed by atoms with van der Waals surface area (Å²) in [6.45, 7) is 0. The lowest BCUT2D eigenvalue weighted by molar-refractivity contribution is 0.112. The topological polar surface area (TPSA) is 84.9 Å². The average Bonchev–Trinajstić information content (AvgIpc) is 2.17. The van der Waals surface area contributed by atoms with Gasteiger partial charge in [-0.15, -0.1) is 0 Å². The van der Waals surface area contributed by atoms with Crippen molar-refractivity contribution in [1.29, 1.82) is 10.5 Å². The number of benzene rings is 1. The molecule has 0 aromatic heterocycles. The quantitative estimate of drug-likeness (QED) is 0.639. The fourth-order valence-corrected chi connectivity index (χ4v) is 0.940. The van der Waals surface area contributed by atoms with E-state index < -0.39 is 0 Å². The Kier molecular flexibility index (Phi) is 2.28. The van der Waals surface area contributed by atoms with Gasteiger partial charge in [0, 0.05) is 5.56 Å². The second kappa shape index (κ2) is 3.38. The summed E-state index contributed by atoms with van der Waals surface area (Å²) >= 11 is 0. The summed E-state index contributed by atoms with van der Waals surface area (Å²) < 4.78 is 0. The number of aromatic hydroxyl groups is 1. The lowest BCUT2D eigenvalue weighted by Crippen LogP contribution is -1.92. The molecule has 0 spiro atoms. The Morgan fingerprint density at radius 2 is 1.85 bits per heavy atom. The van der Waals surface area contributed by atoms with Crippen LogP contribution in [0.1, 0.15) is 21.5 Å². The van der Waals surface area contributed by atoms with Crippen LogP contribution in [0, 0.1) is 22.7 Å². The molecule has 1 N–H and O–H groups in total. The van der Waals surface area contributed by atoms with Gasteiger partial charge in [0.2, 0.25) is 0 Å². The van der Waals surface area contributed by atoms with Gasteiger partial charge in [-0.1, -0.05) is 0 Å². The number of carbonyl (C=O) groups is 1. The fraction of sp³-hybridized carbons (Fsp3) is 0. The van der Waals surface area contributed by atoms with Gasteiger partial charge in [0.05, 0.1) is 5.56 Å². The molecule has 1 aromatic rings. The monoisotopic (exact) mass is 172 g/mol. The summed E-state index contributed by atoms with van der Waals surface area (Å²) in [7, 11) is 0. The molecular formula is C9H4N2O2. The molecule has 0 aliphatic rings. The van der Waals surface area contributed by atoms with Gasteiger partial charge in [-0.3, -0.25) is 4.79 Å². The van der Waals surface area contributed by atoms with Gasteiger partial charge in [-0.05, 0) is 12.1 Å². The number of nitrogens with zero attached hydrogens (tertiary/aromatic N) is 2. The van der Waals surface area contributed by atoms with Gasteiger partial charge < -0.3 is 5.11 Å². The molecule has 0 heterocycles. The second-order valence-electron chi connectivity index (χ2n) is 2.27. The summed E-state index contributed by atoms with van der Waals surface area (Å²) in [4.78, 5) is 10.4. The van der Waals surface area contributed by atoms with Crippen molar-refractivity contribution < 1.29 is 9.90 Å². The molecule has 4 heteroatoms. The van der Waals surface area contributed by atoms with Crippen LogP contribution in [0.15, 0.2) is 12.1 Å². The Bertz CT molecular complexity index is 438. The first-order valence-corrected chi connectivity index (χ1v) is 3.36. The highest BCUT2D eigenvalue weighted by atomic mass is 16.3. The van der Waals surface area contributed by atoms with Crippen molar-refractivity contribution in [2.24, 2.45) is 0 Å². The second-order valence-corrected chi connectivity index (χ2v) is 2.27. The number of hydrogen-bond acceptors (Lipinski definition) is 4. The molecule has 0 saturated carbocycles. The standard InChI is InChI=1S/C9H4N2O2/c10-3-7-6(5-12)1-2-9(13)8(7)4-11/h1-2,5,13H. The highest BCUT2D eigenvalue weighted by Crippen LogP contribution is 2.21. The van der Waals surface area contributed by atoms with Crippen molar-refractivity contribution in [3.05, 3.63) is 28.8 Å². The summed E-state index contributed by atoms with van der Waals surface area (Å²) in [5.41, 5.74) is -0.138. The van der Waals surface area contributed by atoms with Crippen molar-refractivity contribution in [3.8, 4) is 17.9 Å². The number of rotatable bonds is 1. The van der Waals surface area contributed by atoms with E-state index >= 15 is 0 Å². The summed E-state index contributed by atoms with van der Waals surface area (Å²) in [5, 5.41) is 26.3. The number of nitriles is 2. The molecule has 0 unspecified atom stereocenters. The van der Waals surface area contributed by atoms with Crippen LogP contribution in [0.3, 0.4) is 0 Å². The third-order valence-corrected chi connectivity index (χ3v) is 1.57. The molecule has 0 amide bonds. The molecule has 0 radical (unpaired) electrons. The van der Waals surface area contributed by atoms with Crippen molar-refractivity contribution in [2.45, 2.75) is 0 Å². The van der Waals surface area contributed by atoms with Crippen LogP contribution in [0.2, 0.25) is 0 Å². The lowest BCUT2D eigenvalue weighted by atomic mass is 10.0. The predicted octanol–water partition coefficient (Wildman–Crippen LogP) is 0.948. The first kappa shape index (κ1) is 8.76. The number of aldehydes is 1. The number of phenolic OH excluding ortho intramolecular Hbond substituents is 1. The molecule has 1 rings (SSSR count). The molecule has 0 atom stereocenters. The average molecular weight is 172 g/mol. The SMILES string of the molecule is N#Cc1c(O)ccc(C=O)c1C#N. The van der Waals surface area contributed by atoms with Crippen molar-refractivity contribution in [2.75, 3.05) is 0 Å². The van der Waals surface area contributed by atoms with E-state index in [1.54, 1.807) is 12.1 Å². The maximum Gasteiger partial charge on any atom is 0.151 e. The Morgan fingerprint density at radius 1 is 1.23 bits per heavy atom. The summed E-state index contributed by atoms with van der Waals surface area (Å²) in [6, 6.07) is 5.86. The molecule has 1 aromatic carbocycles. The minimum atomic E-state index is -0.287. The van der Waals surface area contributed by atoms with Crippen molar-refractivity contribution in [3.63, 3.8) is 0 Å². The van der Waals surface area contributed by atoms with Gasteiger partial charge in [0.25, 0.3) is 0 Å². The molecular weight excluding hydrogens is 168 g/mol. The van der Waals surface area contributed by atoms with E-state index in [1.165, 1.54) is 12.1 Å². The van der Waals surface area contributed by atoms with Crippen LogP contribution in [0.4, 0.5) is 0 Å². The van der Waals surface area contributed by atoms with Gasteiger partial charge in [0.15, 0.2) is 6.29 Å². The van der Waals surface area contributed by atoms with E-state index in [4.69, 9.17) is 15.6 Å². The van der Waals surface area contributed by atoms with Crippen LogP contribution in [0.5, 0.6) is 5.75 Å². The van der Waals surface area contributed by atoms with Crippen LogP contribution >= 0.6 is 0 Å². The van der Waals surface area contributed by atoms with Gasteiger partial charge >= 0.3 is 0 Å².